The molecule has 0 bridgehead atoms. The monoisotopic (exact) mass is 282 g/mol. The van der Waals surface area contributed by atoms with Crippen LogP contribution in [-0.4, -0.2) is 0 Å². The van der Waals surface area contributed by atoms with Crippen LogP contribution in [-0.2, 0) is 0 Å². The quantitative estimate of drug-likeness (QED) is 0.714. The van der Waals surface area contributed by atoms with Gasteiger partial charge in [-0.15, -0.1) is 0 Å². The van der Waals surface area contributed by atoms with Crippen molar-refractivity contribution in [3.63, 3.8) is 0 Å². The Balaban J connectivity index is 2.41. The van der Waals surface area contributed by atoms with Crippen molar-refractivity contribution in [1.29, 1.82) is 0 Å². The fourth-order valence-electron chi connectivity index (χ4n) is 1.51. The van der Waals surface area contributed by atoms with Crippen LogP contribution >= 0.6 is 15.9 Å². The maximum atomic E-state index is 13.5. The molecule has 2 aromatic carbocycles. The van der Waals surface area contributed by atoms with Crippen molar-refractivity contribution >= 4 is 15.9 Å². The number of alkyl halides is 1. The topological polar surface area (TPSA) is 0 Å². The van der Waals surface area contributed by atoms with Crippen molar-refractivity contribution in [3.05, 3.63) is 71.3 Å². The van der Waals surface area contributed by atoms with Gasteiger partial charge in [0, 0.05) is 5.56 Å². The normalized spacial score (nSPS) is 12.4. The number of rotatable bonds is 2. The first-order chi connectivity index (χ1) is 7.68. The predicted octanol–water partition coefficient (Wildman–Crippen LogP) is 4.45. The molecule has 0 N–H and O–H groups in total. The van der Waals surface area contributed by atoms with E-state index < -0.39 is 11.6 Å². The van der Waals surface area contributed by atoms with Crippen molar-refractivity contribution in [1.82, 2.24) is 0 Å². The largest absolute Gasteiger partial charge is 0.207 e. The summed E-state index contributed by atoms with van der Waals surface area (Å²) in [5, 5.41) is 0. The van der Waals surface area contributed by atoms with Crippen LogP contribution in [0.1, 0.15) is 16.0 Å². The van der Waals surface area contributed by atoms with Crippen LogP contribution in [0.3, 0.4) is 0 Å². The van der Waals surface area contributed by atoms with Crippen LogP contribution in [0.5, 0.6) is 0 Å². The average Bonchev–Trinajstić information content (AvgIpc) is 2.32. The second-order valence-electron chi connectivity index (χ2n) is 3.44. The molecule has 0 aliphatic heterocycles. The Hall–Kier alpha value is -1.22. The third-order valence-corrected chi connectivity index (χ3v) is 3.35. The van der Waals surface area contributed by atoms with Gasteiger partial charge < -0.3 is 0 Å². The molecule has 3 heteroatoms. The molecule has 0 aromatic heterocycles. The lowest BCUT2D eigenvalue weighted by molar-refractivity contribution is 0.588. The summed E-state index contributed by atoms with van der Waals surface area (Å²) in [5.74, 6) is -0.844. The molecule has 2 aromatic rings. The maximum Gasteiger partial charge on any atom is 0.128 e. The van der Waals surface area contributed by atoms with Gasteiger partial charge >= 0.3 is 0 Å². The summed E-state index contributed by atoms with van der Waals surface area (Å²) in [7, 11) is 0. The molecule has 0 aliphatic carbocycles. The van der Waals surface area contributed by atoms with Crippen molar-refractivity contribution < 1.29 is 8.78 Å². The minimum absolute atomic E-state index is 0.311. The molecule has 16 heavy (non-hydrogen) atoms. The second-order valence-corrected chi connectivity index (χ2v) is 4.35. The zero-order chi connectivity index (χ0) is 11.5. The van der Waals surface area contributed by atoms with Gasteiger partial charge in [-0.1, -0.05) is 46.3 Å². The molecule has 2 rings (SSSR count). The van der Waals surface area contributed by atoms with Crippen molar-refractivity contribution in [3.8, 4) is 0 Å². The number of hydrogen-bond donors (Lipinski definition) is 0. The molecule has 0 nitrogen and oxygen atoms in total. The Morgan fingerprint density at radius 3 is 2.31 bits per heavy atom. The summed E-state index contributed by atoms with van der Waals surface area (Å²) < 4.78 is 26.5. The Morgan fingerprint density at radius 1 is 0.938 bits per heavy atom. The van der Waals surface area contributed by atoms with Crippen LogP contribution in [0, 0.1) is 11.6 Å². The van der Waals surface area contributed by atoms with Crippen LogP contribution < -0.4 is 0 Å². The summed E-state index contributed by atoms with van der Waals surface area (Å²) in [5.41, 5.74) is 1.21. The van der Waals surface area contributed by atoms with Crippen molar-refractivity contribution in [2.45, 2.75) is 4.83 Å². The van der Waals surface area contributed by atoms with Gasteiger partial charge in [-0.05, 0) is 23.8 Å². The minimum Gasteiger partial charge on any atom is -0.207 e. The van der Waals surface area contributed by atoms with E-state index in [2.05, 4.69) is 15.9 Å². The molecule has 82 valence electrons. The van der Waals surface area contributed by atoms with Crippen LogP contribution in [0.15, 0.2) is 48.5 Å². The number of benzene rings is 2. The first-order valence-corrected chi connectivity index (χ1v) is 5.74. The highest BCUT2D eigenvalue weighted by molar-refractivity contribution is 9.09. The van der Waals surface area contributed by atoms with Gasteiger partial charge in [0.1, 0.15) is 11.6 Å². The summed E-state index contributed by atoms with van der Waals surface area (Å²) >= 11 is 3.37. The van der Waals surface area contributed by atoms with Gasteiger partial charge in [0.2, 0.25) is 0 Å². The third-order valence-electron chi connectivity index (χ3n) is 2.32. The lowest BCUT2D eigenvalue weighted by Gasteiger charge is -2.11. The van der Waals surface area contributed by atoms with E-state index in [1.165, 1.54) is 6.07 Å². The SMILES string of the molecule is Fc1ccc(F)c(C(Br)c2ccccc2)c1. The maximum absolute atomic E-state index is 13.5. The molecule has 0 aliphatic rings. The van der Waals surface area contributed by atoms with E-state index in [-0.39, 0.29) is 4.83 Å². The fraction of sp³-hybridized carbons (Fsp3) is 0.0769. The fourth-order valence-corrected chi connectivity index (χ4v) is 2.17. The van der Waals surface area contributed by atoms with Crippen LogP contribution in [0.25, 0.3) is 0 Å². The van der Waals surface area contributed by atoms with Crippen molar-refractivity contribution in [2.75, 3.05) is 0 Å². The first-order valence-electron chi connectivity index (χ1n) is 4.82. The van der Waals surface area contributed by atoms with Gasteiger partial charge in [0.15, 0.2) is 0 Å². The Labute approximate surface area is 101 Å². The number of halogens is 3. The van der Waals surface area contributed by atoms with E-state index in [1.54, 1.807) is 0 Å². The van der Waals surface area contributed by atoms with E-state index in [1.807, 2.05) is 30.3 Å². The van der Waals surface area contributed by atoms with Gasteiger partial charge in [-0.2, -0.15) is 0 Å². The summed E-state index contributed by atoms with van der Waals surface area (Å²) in [6.07, 6.45) is 0. The predicted molar refractivity (Wildman–Crippen MR) is 63.6 cm³/mol. The lowest BCUT2D eigenvalue weighted by atomic mass is 10.0. The highest BCUT2D eigenvalue weighted by Crippen LogP contribution is 2.32. The second kappa shape index (κ2) is 4.74. The average molecular weight is 283 g/mol. The third kappa shape index (κ3) is 2.30. The molecule has 0 saturated carbocycles. The molecule has 0 fully saturated rings. The first kappa shape index (κ1) is 11.3. The Morgan fingerprint density at radius 2 is 1.62 bits per heavy atom. The number of hydrogen-bond acceptors (Lipinski definition) is 0. The highest BCUT2D eigenvalue weighted by atomic mass is 79.9. The molecule has 0 amide bonds. The minimum atomic E-state index is -0.434. The molecule has 0 heterocycles. The van der Waals surface area contributed by atoms with Gasteiger partial charge in [0.05, 0.1) is 4.83 Å². The molecule has 0 radical (unpaired) electrons. The van der Waals surface area contributed by atoms with Gasteiger partial charge in [-0.3, -0.25) is 0 Å². The molecular formula is C13H9BrF2. The van der Waals surface area contributed by atoms with E-state index >= 15 is 0 Å². The lowest BCUT2D eigenvalue weighted by Crippen LogP contribution is -1.97. The molecular weight excluding hydrogens is 274 g/mol. The van der Waals surface area contributed by atoms with Gasteiger partial charge in [0.25, 0.3) is 0 Å². The molecule has 1 atom stereocenters. The van der Waals surface area contributed by atoms with E-state index in [4.69, 9.17) is 0 Å². The molecule has 0 saturated heterocycles. The summed E-state index contributed by atoms with van der Waals surface area (Å²) in [6.45, 7) is 0. The van der Waals surface area contributed by atoms with Crippen molar-refractivity contribution in [2.24, 2.45) is 0 Å². The zero-order valence-corrected chi connectivity index (χ0v) is 9.92. The molecule has 1 unspecified atom stereocenters. The standard InChI is InChI=1S/C13H9BrF2/c14-13(9-4-2-1-3-5-9)11-8-10(15)6-7-12(11)16/h1-8,13H. The highest BCUT2D eigenvalue weighted by Gasteiger charge is 2.15. The summed E-state index contributed by atoms with van der Waals surface area (Å²) in [4.78, 5) is -0.329. The van der Waals surface area contributed by atoms with E-state index in [0.717, 1.165) is 17.7 Å². The smallest absolute Gasteiger partial charge is 0.128 e. The van der Waals surface area contributed by atoms with E-state index in [9.17, 15) is 8.78 Å². The summed E-state index contributed by atoms with van der Waals surface area (Å²) in [6, 6.07) is 12.8. The molecule has 0 spiro atoms. The zero-order valence-electron chi connectivity index (χ0n) is 8.33. The van der Waals surface area contributed by atoms with E-state index in [0.29, 0.717) is 5.56 Å². The van der Waals surface area contributed by atoms with Crippen LogP contribution in [0.2, 0.25) is 0 Å². The Kier molecular flexibility index (Phi) is 3.34. The van der Waals surface area contributed by atoms with Gasteiger partial charge in [-0.25, -0.2) is 8.78 Å². The Bertz CT molecular complexity index is 483. The van der Waals surface area contributed by atoms with Crippen LogP contribution in [0.4, 0.5) is 8.78 Å².